The molecule has 0 atom stereocenters. The summed E-state index contributed by atoms with van der Waals surface area (Å²) < 4.78 is 5.70. The Balaban J connectivity index is 1.34. The average molecular weight is 421 g/mol. The van der Waals surface area contributed by atoms with Crippen molar-refractivity contribution in [3.63, 3.8) is 0 Å². The summed E-state index contributed by atoms with van der Waals surface area (Å²) in [6.07, 6.45) is 5.17. The Morgan fingerprint density at radius 3 is 2.60 bits per heavy atom. The maximum atomic E-state index is 12.2. The fraction of sp³-hybridized carbons (Fsp3) is 0.0909. The van der Waals surface area contributed by atoms with Crippen molar-refractivity contribution in [1.29, 1.82) is 0 Å². The van der Waals surface area contributed by atoms with Gasteiger partial charge < -0.3 is 14.8 Å². The first-order chi connectivity index (χ1) is 14.6. The third-order valence-corrected chi connectivity index (χ3v) is 4.63. The maximum absolute atomic E-state index is 12.2. The number of nitrogens with one attached hydrogen (secondary N) is 1. The molecule has 0 unspecified atom stereocenters. The number of hydrogen-bond acceptors (Lipinski definition) is 6. The number of phenolic OH excluding ortho intramolecular Hbond substituents is 1. The summed E-state index contributed by atoms with van der Waals surface area (Å²) in [7, 11) is 0. The van der Waals surface area contributed by atoms with E-state index in [1.165, 1.54) is 12.4 Å². The van der Waals surface area contributed by atoms with Gasteiger partial charge in [0.2, 0.25) is 5.91 Å². The molecule has 30 heavy (non-hydrogen) atoms. The van der Waals surface area contributed by atoms with Crippen molar-refractivity contribution < 1.29 is 14.3 Å². The number of aromatic nitrogens is 3. The largest absolute Gasteiger partial charge is 0.508 e. The third-order valence-electron chi connectivity index (χ3n) is 4.30. The Hall–Kier alpha value is -3.71. The van der Waals surface area contributed by atoms with E-state index in [9.17, 15) is 9.90 Å². The van der Waals surface area contributed by atoms with Gasteiger partial charge in [-0.1, -0.05) is 35.9 Å². The lowest BCUT2D eigenvalue weighted by Crippen LogP contribution is -2.13. The second-order valence-electron chi connectivity index (χ2n) is 6.49. The molecular weight excluding hydrogens is 404 g/mol. The molecule has 0 bridgehead atoms. The highest BCUT2D eigenvalue weighted by atomic mass is 35.5. The number of aryl methyl sites for hydroxylation is 1. The van der Waals surface area contributed by atoms with E-state index in [2.05, 4.69) is 20.3 Å². The fourth-order valence-corrected chi connectivity index (χ4v) is 3.07. The minimum absolute atomic E-state index is 0.137. The van der Waals surface area contributed by atoms with Gasteiger partial charge in [0.1, 0.15) is 5.75 Å². The number of anilines is 1. The Labute approximate surface area is 177 Å². The summed E-state index contributed by atoms with van der Waals surface area (Å²) in [5, 5.41) is 12.9. The predicted molar refractivity (Wildman–Crippen MR) is 113 cm³/mol. The molecule has 0 radical (unpaired) electrons. The van der Waals surface area contributed by atoms with E-state index >= 15 is 0 Å². The van der Waals surface area contributed by atoms with Gasteiger partial charge in [-0.05, 0) is 24.3 Å². The molecule has 1 amide bonds. The summed E-state index contributed by atoms with van der Waals surface area (Å²) >= 11 is 6.17. The van der Waals surface area contributed by atoms with E-state index < -0.39 is 0 Å². The molecule has 4 aromatic rings. The van der Waals surface area contributed by atoms with Crippen molar-refractivity contribution in [2.45, 2.75) is 12.8 Å². The van der Waals surface area contributed by atoms with Crippen LogP contribution in [-0.4, -0.2) is 26.0 Å². The van der Waals surface area contributed by atoms with E-state index in [-0.39, 0.29) is 18.1 Å². The first kappa shape index (κ1) is 19.6. The van der Waals surface area contributed by atoms with E-state index in [1.54, 1.807) is 36.5 Å². The number of halogens is 1. The lowest BCUT2D eigenvalue weighted by molar-refractivity contribution is -0.116. The summed E-state index contributed by atoms with van der Waals surface area (Å²) in [6, 6.07) is 14.0. The summed E-state index contributed by atoms with van der Waals surface area (Å²) in [5.74, 6) is 1.40. The number of nitrogens with zero attached hydrogens (tertiary/aromatic N) is 3. The number of carbonyl (C=O) groups is 1. The van der Waals surface area contributed by atoms with Gasteiger partial charge in [0, 0.05) is 24.0 Å². The number of aromatic hydroxyl groups is 1. The van der Waals surface area contributed by atoms with Gasteiger partial charge in [0.15, 0.2) is 17.5 Å². The predicted octanol–water partition coefficient (Wildman–Crippen LogP) is 4.73. The topological polar surface area (TPSA) is 101 Å². The standard InChI is InChI=1S/C22H17ClN4O3/c23-18-7-2-1-6-17(18)19-13-24-21(30-19)9-8-20(29)27-15-11-25-22(26-12-15)14-4-3-5-16(28)10-14/h1-7,10-13,28H,8-9H2,(H,27,29). The minimum Gasteiger partial charge on any atom is -0.508 e. The van der Waals surface area contributed by atoms with Crippen LogP contribution < -0.4 is 5.32 Å². The molecule has 7 nitrogen and oxygen atoms in total. The monoisotopic (exact) mass is 420 g/mol. The van der Waals surface area contributed by atoms with Crippen LogP contribution in [0.25, 0.3) is 22.7 Å². The molecule has 8 heteroatoms. The quantitative estimate of drug-likeness (QED) is 0.467. The molecule has 0 aliphatic rings. The molecule has 4 rings (SSSR count). The van der Waals surface area contributed by atoms with Crippen molar-refractivity contribution in [1.82, 2.24) is 15.0 Å². The van der Waals surface area contributed by atoms with Crippen LogP contribution in [0.5, 0.6) is 5.75 Å². The number of oxazole rings is 1. The van der Waals surface area contributed by atoms with Crippen LogP contribution in [0.15, 0.2) is 71.5 Å². The van der Waals surface area contributed by atoms with Gasteiger partial charge in [-0.15, -0.1) is 0 Å². The van der Waals surface area contributed by atoms with Gasteiger partial charge in [-0.2, -0.15) is 0 Å². The summed E-state index contributed by atoms with van der Waals surface area (Å²) in [6.45, 7) is 0. The SMILES string of the molecule is O=C(CCc1ncc(-c2ccccc2Cl)o1)Nc1cnc(-c2cccc(O)c2)nc1. The van der Waals surface area contributed by atoms with Crippen LogP contribution in [0.2, 0.25) is 5.02 Å². The molecule has 0 aliphatic heterocycles. The first-order valence-corrected chi connectivity index (χ1v) is 9.57. The van der Waals surface area contributed by atoms with Crippen LogP contribution >= 0.6 is 11.6 Å². The molecule has 2 aromatic carbocycles. The molecule has 150 valence electrons. The Bertz CT molecular complexity index is 1170. The summed E-state index contributed by atoms with van der Waals surface area (Å²) in [4.78, 5) is 24.9. The summed E-state index contributed by atoms with van der Waals surface area (Å²) in [5.41, 5.74) is 1.92. The van der Waals surface area contributed by atoms with Gasteiger partial charge in [-0.3, -0.25) is 4.79 Å². The van der Waals surface area contributed by atoms with E-state index in [4.69, 9.17) is 16.0 Å². The van der Waals surface area contributed by atoms with Gasteiger partial charge in [0.25, 0.3) is 0 Å². The first-order valence-electron chi connectivity index (χ1n) is 9.19. The van der Waals surface area contributed by atoms with Crippen LogP contribution in [0.1, 0.15) is 12.3 Å². The van der Waals surface area contributed by atoms with Crippen LogP contribution in [0.3, 0.4) is 0 Å². The Morgan fingerprint density at radius 2 is 1.83 bits per heavy atom. The number of carbonyl (C=O) groups excluding carboxylic acids is 1. The van der Waals surface area contributed by atoms with Crippen molar-refractivity contribution >= 4 is 23.2 Å². The van der Waals surface area contributed by atoms with Crippen molar-refractivity contribution in [3.8, 4) is 28.5 Å². The minimum atomic E-state index is -0.207. The van der Waals surface area contributed by atoms with Crippen LogP contribution in [-0.2, 0) is 11.2 Å². The Kier molecular flexibility index (Phi) is 5.72. The van der Waals surface area contributed by atoms with Gasteiger partial charge >= 0.3 is 0 Å². The van der Waals surface area contributed by atoms with Gasteiger partial charge in [0.05, 0.1) is 29.3 Å². The van der Waals surface area contributed by atoms with Gasteiger partial charge in [-0.25, -0.2) is 15.0 Å². The molecule has 2 aromatic heterocycles. The zero-order valence-corrected chi connectivity index (χ0v) is 16.5. The lowest BCUT2D eigenvalue weighted by Gasteiger charge is -2.05. The zero-order chi connectivity index (χ0) is 20.9. The second-order valence-corrected chi connectivity index (χ2v) is 6.90. The second kappa shape index (κ2) is 8.75. The molecular formula is C22H17ClN4O3. The highest BCUT2D eigenvalue weighted by Crippen LogP contribution is 2.28. The van der Waals surface area contributed by atoms with E-state index in [0.717, 1.165) is 5.56 Å². The van der Waals surface area contributed by atoms with Crippen molar-refractivity contribution in [2.24, 2.45) is 0 Å². The Morgan fingerprint density at radius 1 is 1.03 bits per heavy atom. The fourth-order valence-electron chi connectivity index (χ4n) is 2.84. The number of rotatable bonds is 6. The number of benzene rings is 2. The van der Waals surface area contributed by atoms with E-state index in [1.807, 2.05) is 18.2 Å². The third kappa shape index (κ3) is 4.64. The van der Waals surface area contributed by atoms with Crippen LogP contribution in [0, 0.1) is 0 Å². The van der Waals surface area contributed by atoms with Crippen molar-refractivity contribution in [2.75, 3.05) is 5.32 Å². The maximum Gasteiger partial charge on any atom is 0.224 e. The number of phenols is 1. The molecule has 0 aliphatic carbocycles. The normalized spacial score (nSPS) is 10.7. The van der Waals surface area contributed by atoms with Crippen molar-refractivity contribution in [3.05, 3.63) is 78.0 Å². The molecule has 0 saturated heterocycles. The molecule has 0 fully saturated rings. The highest BCUT2D eigenvalue weighted by molar-refractivity contribution is 6.33. The zero-order valence-electron chi connectivity index (χ0n) is 15.7. The molecule has 0 spiro atoms. The number of hydrogen-bond donors (Lipinski definition) is 2. The number of amides is 1. The highest BCUT2D eigenvalue weighted by Gasteiger charge is 2.12. The molecule has 2 N–H and O–H groups in total. The van der Waals surface area contributed by atoms with Crippen LogP contribution in [0.4, 0.5) is 5.69 Å². The smallest absolute Gasteiger partial charge is 0.224 e. The average Bonchev–Trinajstić information content (AvgIpc) is 3.22. The lowest BCUT2D eigenvalue weighted by atomic mass is 10.2. The molecule has 2 heterocycles. The molecule has 0 saturated carbocycles. The van der Waals surface area contributed by atoms with E-state index in [0.29, 0.717) is 40.2 Å².